The largest absolute Gasteiger partial charge is 0.385 e. The summed E-state index contributed by atoms with van der Waals surface area (Å²) < 4.78 is 0. The second-order valence-corrected chi connectivity index (χ2v) is 5.67. The summed E-state index contributed by atoms with van der Waals surface area (Å²) in [5.74, 6) is 3.42. The van der Waals surface area contributed by atoms with Gasteiger partial charge in [-0.05, 0) is 42.4 Å². The predicted octanol–water partition coefficient (Wildman–Crippen LogP) is 4.27. The zero-order valence-electron chi connectivity index (χ0n) is 10.4. The number of hydrogen-bond donors (Lipinski definition) is 1. The van der Waals surface area contributed by atoms with Gasteiger partial charge in [0.2, 0.25) is 0 Å². The molecule has 1 nitrogen and oxygen atoms in total. The monoisotopic (exact) mass is 237 g/mol. The Bertz CT molecular complexity index is 259. The van der Waals surface area contributed by atoms with Gasteiger partial charge in [0.25, 0.3) is 0 Å². The third-order valence-electron chi connectivity index (χ3n) is 2.41. The molecule has 90 valence electrons. The van der Waals surface area contributed by atoms with Crippen molar-refractivity contribution in [1.82, 2.24) is 0 Å². The van der Waals surface area contributed by atoms with Gasteiger partial charge in [-0.2, -0.15) is 11.8 Å². The van der Waals surface area contributed by atoms with Gasteiger partial charge in [0, 0.05) is 12.2 Å². The molecule has 0 atom stereocenters. The van der Waals surface area contributed by atoms with Crippen molar-refractivity contribution >= 4 is 17.4 Å². The van der Waals surface area contributed by atoms with Gasteiger partial charge in [-0.3, -0.25) is 0 Å². The van der Waals surface area contributed by atoms with Crippen molar-refractivity contribution < 1.29 is 0 Å². The molecule has 0 aliphatic heterocycles. The van der Waals surface area contributed by atoms with Gasteiger partial charge < -0.3 is 5.32 Å². The summed E-state index contributed by atoms with van der Waals surface area (Å²) >= 11 is 2.08. The topological polar surface area (TPSA) is 12.0 Å². The molecule has 0 fully saturated rings. The van der Waals surface area contributed by atoms with Gasteiger partial charge in [0.05, 0.1) is 0 Å². The maximum absolute atomic E-state index is 3.43. The molecule has 0 heterocycles. The van der Waals surface area contributed by atoms with Crippen LogP contribution in [0.3, 0.4) is 0 Å². The van der Waals surface area contributed by atoms with E-state index in [4.69, 9.17) is 0 Å². The summed E-state index contributed by atoms with van der Waals surface area (Å²) in [5.41, 5.74) is 1.23. The molecule has 2 heteroatoms. The lowest BCUT2D eigenvalue weighted by atomic mass is 10.2. The summed E-state index contributed by atoms with van der Waals surface area (Å²) in [6.07, 6.45) is 2.59. The Kier molecular flexibility index (Phi) is 7.15. The number of benzene rings is 1. The minimum atomic E-state index is 0.843. The summed E-state index contributed by atoms with van der Waals surface area (Å²) in [4.78, 5) is 0. The van der Waals surface area contributed by atoms with Crippen LogP contribution in [0.2, 0.25) is 0 Å². The maximum atomic E-state index is 3.43. The van der Waals surface area contributed by atoms with Crippen LogP contribution < -0.4 is 5.32 Å². The third-order valence-corrected chi connectivity index (χ3v) is 3.51. The Hall–Kier alpha value is -0.630. The molecule has 0 spiro atoms. The van der Waals surface area contributed by atoms with Crippen LogP contribution >= 0.6 is 11.8 Å². The molecule has 0 radical (unpaired) electrons. The lowest BCUT2D eigenvalue weighted by molar-refractivity contribution is 0.632. The highest BCUT2D eigenvalue weighted by atomic mass is 32.2. The van der Waals surface area contributed by atoms with Crippen molar-refractivity contribution in [2.45, 2.75) is 26.7 Å². The molecule has 0 unspecified atom stereocenters. The first-order chi connectivity index (χ1) is 7.79. The minimum Gasteiger partial charge on any atom is -0.385 e. The average Bonchev–Trinajstić information content (AvgIpc) is 2.29. The SMILES string of the molecule is CC(C)CCSCCCNc1ccccc1. The average molecular weight is 237 g/mol. The van der Waals surface area contributed by atoms with Crippen LogP contribution in [0.15, 0.2) is 30.3 Å². The van der Waals surface area contributed by atoms with Crippen molar-refractivity contribution in [2.24, 2.45) is 5.92 Å². The molecule has 1 aromatic carbocycles. The molecular weight excluding hydrogens is 214 g/mol. The Morgan fingerprint density at radius 2 is 1.88 bits per heavy atom. The first kappa shape index (κ1) is 13.4. The Labute approximate surface area is 104 Å². The van der Waals surface area contributed by atoms with Gasteiger partial charge in [0.1, 0.15) is 0 Å². The second kappa shape index (κ2) is 8.51. The number of nitrogens with one attached hydrogen (secondary N) is 1. The van der Waals surface area contributed by atoms with Crippen LogP contribution in [0.4, 0.5) is 5.69 Å². The Morgan fingerprint density at radius 1 is 1.12 bits per heavy atom. The van der Waals surface area contributed by atoms with E-state index in [9.17, 15) is 0 Å². The Balaban J connectivity index is 1.93. The third kappa shape index (κ3) is 6.78. The highest BCUT2D eigenvalue weighted by Gasteiger charge is 1.94. The molecule has 16 heavy (non-hydrogen) atoms. The van der Waals surface area contributed by atoms with Crippen LogP contribution in [-0.2, 0) is 0 Å². The smallest absolute Gasteiger partial charge is 0.0340 e. The molecule has 0 saturated carbocycles. The highest BCUT2D eigenvalue weighted by molar-refractivity contribution is 7.99. The first-order valence-electron chi connectivity index (χ1n) is 6.15. The minimum absolute atomic E-state index is 0.843. The number of hydrogen-bond acceptors (Lipinski definition) is 2. The molecule has 1 N–H and O–H groups in total. The fraction of sp³-hybridized carbons (Fsp3) is 0.571. The van der Waals surface area contributed by atoms with E-state index in [-0.39, 0.29) is 0 Å². The number of rotatable bonds is 8. The molecule has 0 amide bonds. The fourth-order valence-electron chi connectivity index (χ4n) is 1.38. The normalized spacial score (nSPS) is 10.7. The van der Waals surface area contributed by atoms with Gasteiger partial charge >= 0.3 is 0 Å². The van der Waals surface area contributed by atoms with E-state index in [0.717, 1.165) is 12.5 Å². The van der Waals surface area contributed by atoms with Crippen molar-refractivity contribution in [1.29, 1.82) is 0 Å². The van der Waals surface area contributed by atoms with Crippen molar-refractivity contribution in [3.8, 4) is 0 Å². The van der Waals surface area contributed by atoms with Crippen LogP contribution in [0.5, 0.6) is 0 Å². The summed E-state index contributed by atoms with van der Waals surface area (Å²) in [6.45, 7) is 5.66. The molecule has 0 aromatic heterocycles. The number of para-hydroxylation sites is 1. The van der Waals surface area contributed by atoms with Crippen LogP contribution in [-0.4, -0.2) is 18.1 Å². The van der Waals surface area contributed by atoms with Gasteiger partial charge in [0.15, 0.2) is 0 Å². The fourth-order valence-corrected chi connectivity index (χ4v) is 2.57. The quantitative estimate of drug-likeness (QED) is 0.678. The first-order valence-corrected chi connectivity index (χ1v) is 7.31. The standard InChI is InChI=1S/C14H23NS/c1-13(2)9-12-16-11-6-10-15-14-7-4-3-5-8-14/h3-5,7-8,13,15H,6,9-12H2,1-2H3. The van der Waals surface area contributed by atoms with Crippen molar-refractivity contribution in [2.75, 3.05) is 23.4 Å². The molecule has 1 aromatic rings. The van der Waals surface area contributed by atoms with Gasteiger partial charge in [-0.1, -0.05) is 32.0 Å². The molecule has 1 rings (SSSR count). The van der Waals surface area contributed by atoms with Crippen LogP contribution in [0.1, 0.15) is 26.7 Å². The molecule has 0 aliphatic carbocycles. The predicted molar refractivity (Wildman–Crippen MR) is 76.3 cm³/mol. The van der Waals surface area contributed by atoms with E-state index >= 15 is 0 Å². The van der Waals surface area contributed by atoms with E-state index in [1.54, 1.807) is 0 Å². The van der Waals surface area contributed by atoms with Crippen LogP contribution in [0.25, 0.3) is 0 Å². The molecular formula is C14H23NS. The van der Waals surface area contributed by atoms with E-state index in [0.29, 0.717) is 0 Å². The zero-order valence-corrected chi connectivity index (χ0v) is 11.2. The zero-order chi connectivity index (χ0) is 11.6. The summed E-state index contributed by atoms with van der Waals surface area (Å²) in [6, 6.07) is 10.4. The van der Waals surface area contributed by atoms with Crippen LogP contribution in [0, 0.1) is 5.92 Å². The molecule has 0 saturated heterocycles. The molecule has 0 bridgehead atoms. The van der Waals surface area contributed by atoms with E-state index < -0.39 is 0 Å². The molecule has 0 aliphatic rings. The lowest BCUT2D eigenvalue weighted by Crippen LogP contribution is -2.02. The van der Waals surface area contributed by atoms with Crippen molar-refractivity contribution in [3.05, 3.63) is 30.3 Å². The van der Waals surface area contributed by atoms with Crippen molar-refractivity contribution in [3.63, 3.8) is 0 Å². The lowest BCUT2D eigenvalue weighted by Gasteiger charge is -2.06. The number of thioether (sulfide) groups is 1. The van der Waals surface area contributed by atoms with Gasteiger partial charge in [-0.15, -0.1) is 0 Å². The van der Waals surface area contributed by atoms with E-state index in [1.807, 2.05) is 6.07 Å². The van der Waals surface area contributed by atoms with E-state index in [2.05, 4.69) is 55.2 Å². The summed E-state index contributed by atoms with van der Waals surface area (Å²) in [5, 5.41) is 3.43. The Morgan fingerprint density at radius 3 is 2.56 bits per heavy atom. The number of anilines is 1. The highest BCUT2D eigenvalue weighted by Crippen LogP contribution is 2.10. The maximum Gasteiger partial charge on any atom is 0.0340 e. The van der Waals surface area contributed by atoms with E-state index in [1.165, 1.54) is 30.0 Å². The summed E-state index contributed by atoms with van der Waals surface area (Å²) in [7, 11) is 0. The van der Waals surface area contributed by atoms with Gasteiger partial charge in [-0.25, -0.2) is 0 Å². The second-order valence-electron chi connectivity index (χ2n) is 4.44.